The van der Waals surface area contributed by atoms with Gasteiger partial charge in [-0.1, -0.05) is 12.1 Å². The van der Waals surface area contributed by atoms with Crippen molar-refractivity contribution in [2.75, 3.05) is 33.4 Å². The van der Waals surface area contributed by atoms with Crippen molar-refractivity contribution in [3.8, 4) is 5.75 Å². The molecule has 2 fully saturated rings. The van der Waals surface area contributed by atoms with Gasteiger partial charge in [-0.25, -0.2) is 0 Å². The normalized spacial score (nSPS) is 22.3. The number of piperidine rings is 1. The smallest absolute Gasteiger partial charge is 0.310 e. The first-order chi connectivity index (χ1) is 13.5. The van der Waals surface area contributed by atoms with Crippen LogP contribution in [0.2, 0.25) is 0 Å². The zero-order valence-electron chi connectivity index (χ0n) is 16.6. The molecular weight excluding hydrogens is 360 g/mol. The number of ether oxygens (including phenoxy) is 2. The van der Waals surface area contributed by atoms with Gasteiger partial charge in [0.05, 0.1) is 25.6 Å². The lowest BCUT2D eigenvalue weighted by Gasteiger charge is -2.33. The minimum absolute atomic E-state index is 0.00637. The van der Waals surface area contributed by atoms with Crippen molar-refractivity contribution < 1.29 is 23.9 Å². The molecule has 2 aliphatic heterocycles. The van der Waals surface area contributed by atoms with Crippen molar-refractivity contribution in [3.05, 3.63) is 29.8 Å². The van der Waals surface area contributed by atoms with Gasteiger partial charge in [0.1, 0.15) is 5.75 Å². The summed E-state index contributed by atoms with van der Waals surface area (Å²) in [5, 5.41) is 0. The Morgan fingerprint density at radius 2 is 1.89 bits per heavy atom. The van der Waals surface area contributed by atoms with E-state index in [1.165, 1.54) is 0 Å². The van der Waals surface area contributed by atoms with Crippen molar-refractivity contribution >= 4 is 17.8 Å². The van der Waals surface area contributed by atoms with E-state index in [4.69, 9.17) is 9.47 Å². The molecule has 2 aliphatic rings. The minimum Gasteiger partial charge on any atom is -0.497 e. The molecule has 0 aromatic heterocycles. The van der Waals surface area contributed by atoms with Gasteiger partial charge in [0.15, 0.2) is 0 Å². The van der Waals surface area contributed by atoms with Gasteiger partial charge in [0.25, 0.3) is 0 Å². The molecule has 0 saturated carbocycles. The number of amides is 2. The van der Waals surface area contributed by atoms with Crippen molar-refractivity contribution in [2.24, 2.45) is 11.8 Å². The van der Waals surface area contributed by atoms with Crippen LogP contribution >= 0.6 is 0 Å². The van der Waals surface area contributed by atoms with Crippen LogP contribution in [0.15, 0.2) is 24.3 Å². The van der Waals surface area contributed by atoms with Crippen molar-refractivity contribution in [1.29, 1.82) is 0 Å². The molecule has 1 aromatic rings. The minimum atomic E-state index is -0.341. The van der Waals surface area contributed by atoms with Crippen LogP contribution in [0, 0.1) is 11.8 Å². The molecule has 2 amide bonds. The number of rotatable bonds is 6. The predicted molar refractivity (Wildman–Crippen MR) is 102 cm³/mol. The van der Waals surface area contributed by atoms with Crippen LogP contribution in [0.1, 0.15) is 31.7 Å². The lowest BCUT2D eigenvalue weighted by Crippen LogP contribution is -2.45. The van der Waals surface area contributed by atoms with Crippen LogP contribution < -0.4 is 4.74 Å². The maximum Gasteiger partial charge on any atom is 0.310 e. The largest absolute Gasteiger partial charge is 0.497 e. The van der Waals surface area contributed by atoms with E-state index in [2.05, 4.69) is 0 Å². The molecule has 0 aliphatic carbocycles. The third-order valence-electron chi connectivity index (χ3n) is 5.45. The average Bonchev–Trinajstić information content (AvgIpc) is 3.08. The van der Waals surface area contributed by atoms with Gasteiger partial charge in [0, 0.05) is 32.6 Å². The molecule has 2 saturated heterocycles. The van der Waals surface area contributed by atoms with Crippen LogP contribution in [0.25, 0.3) is 0 Å². The summed E-state index contributed by atoms with van der Waals surface area (Å²) in [4.78, 5) is 40.8. The number of benzene rings is 1. The summed E-state index contributed by atoms with van der Waals surface area (Å²) in [5.41, 5.74) is 1.00. The highest BCUT2D eigenvalue weighted by atomic mass is 16.5. The summed E-state index contributed by atoms with van der Waals surface area (Å²) in [7, 11) is 1.61. The highest BCUT2D eigenvalue weighted by Gasteiger charge is 2.38. The topological polar surface area (TPSA) is 76.2 Å². The van der Waals surface area contributed by atoms with E-state index >= 15 is 0 Å². The number of likely N-dealkylation sites (tertiary alicyclic amines) is 2. The Morgan fingerprint density at radius 3 is 2.57 bits per heavy atom. The number of hydrogen-bond acceptors (Lipinski definition) is 5. The second-order valence-corrected chi connectivity index (χ2v) is 7.40. The molecule has 7 nitrogen and oxygen atoms in total. The van der Waals surface area contributed by atoms with Crippen molar-refractivity contribution in [2.45, 2.75) is 32.7 Å². The van der Waals surface area contributed by atoms with E-state index < -0.39 is 0 Å². The van der Waals surface area contributed by atoms with Gasteiger partial charge in [-0.05, 0) is 37.5 Å². The standard InChI is InChI=1S/C21H28N2O5/c1-3-28-21(26)16-5-4-10-22(13-16)20(25)17-11-19(24)23(14-17)12-15-6-8-18(27-2)9-7-15/h6-9,16-17H,3-5,10-14H2,1-2H3. The van der Waals surface area contributed by atoms with E-state index in [0.29, 0.717) is 32.8 Å². The Kier molecular flexibility index (Phi) is 6.54. The number of carbonyl (C=O) groups is 3. The van der Waals surface area contributed by atoms with E-state index in [-0.39, 0.29) is 36.0 Å². The maximum atomic E-state index is 12.9. The first-order valence-corrected chi connectivity index (χ1v) is 9.88. The second-order valence-electron chi connectivity index (χ2n) is 7.40. The molecule has 1 aromatic carbocycles. The Bertz CT molecular complexity index is 718. The third-order valence-corrected chi connectivity index (χ3v) is 5.45. The van der Waals surface area contributed by atoms with E-state index in [1.807, 2.05) is 24.3 Å². The lowest BCUT2D eigenvalue weighted by atomic mass is 9.96. The second kappa shape index (κ2) is 9.08. The average molecular weight is 388 g/mol. The van der Waals surface area contributed by atoms with E-state index in [9.17, 15) is 14.4 Å². The van der Waals surface area contributed by atoms with Gasteiger partial charge < -0.3 is 19.3 Å². The Labute approximate surface area is 165 Å². The molecule has 7 heteroatoms. The predicted octanol–water partition coefficient (Wildman–Crippen LogP) is 1.85. The van der Waals surface area contributed by atoms with Crippen molar-refractivity contribution in [3.63, 3.8) is 0 Å². The maximum absolute atomic E-state index is 12.9. The summed E-state index contributed by atoms with van der Waals surface area (Å²) >= 11 is 0. The molecule has 2 atom stereocenters. The Morgan fingerprint density at radius 1 is 1.14 bits per heavy atom. The van der Waals surface area contributed by atoms with Crippen LogP contribution in [0.4, 0.5) is 0 Å². The summed E-state index contributed by atoms with van der Waals surface area (Å²) in [6.45, 7) is 4.06. The van der Waals surface area contributed by atoms with Crippen LogP contribution in [0.3, 0.4) is 0 Å². The summed E-state index contributed by atoms with van der Waals surface area (Å²) in [6, 6.07) is 7.58. The lowest BCUT2D eigenvalue weighted by molar-refractivity contribution is -0.152. The highest BCUT2D eigenvalue weighted by Crippen LogP contribution is 2.26. The van der Waals surface area contributed by atoms with Gasteiger partial charge in [-0.3, -0.25) is 14.4 Å². The Hall–Kier alpha value is -2.57. The number of nitrogens with zero attached hydrogens (tertiary/aromatic N) is 2. The molecule has 2 unspecified atom stereocenters. The fourth-order valence-corrected chi connectivity index (χ4v) is 3.93. The zero-order chi connectivity index (χ0) is 20.1. The number of methoxy groups -OCH3 is 1. The molecule has 0 radical (unpaired) electrons. The molecule has 2 heterocycles. The zero-order valence-corrected chi connectivity index (χ0v) is 16.6. The van der Waals surface area contributed by atoms with Gasteiger partial charge in [-0.2, -0.15) is 0 Å². The van der Waals surface area contributed by atoms with Gasteiger partial charge >= 0.3 is 5.97 Å². The third kappa shape index (κ3) is 4.64. The van der Waals surface area contributed by atoms with Gasteiger partial charge in [0.2, 0.25) is 11.8 Å². The number of carbonyl (C=O) groups excluding carboxylic acids is 3. The quantitative estimate of drug-likeness (QED) is 0.695. The van der Waals surface area contributed by atoms with Crippen LogP contribution in [-0.2, 0) is 25.7 Å². The summed E-state index contributed by atoms with van der Waals surface area (Å²) < 4.78 is 10.3. The fourth-order valence-electron chi connectivity index (χ4n) is 3.93. The van der Waals surface area contributed by atoms with E-state index in [0.717, 1.165) is 24.2 Å². The molecule has 3 rings (SSSR count). The number of esters is 1. The molecule has 152 valence electrons. The fraction of sp³-hybridized carbons (Fsp3) is 0.571. The molecule has 0 spiro atoms. The van der Waals surface area contributed by atoms with Crippen molar-refractivity contribution in [1.82, 2.24) is 9.80 Å². The van der Waals surface area contributed by atoms with Gasteiger partial charge in [-0.15, -0.1) is 0 Å². The van der Waals surface area contributed by atoms with Crippen LogP contribution in [-0.4, -0.2) is 60.9 Å². The van der Waals surface area contributed by atoms with E-state index in [1.54, 1.807) is 23.8 Å². The molecule has 28 heavy (non-hydrogen) atoms. The van der Waals surface area contributed by atoms with Crippen LogP contribution in [0.5, 0.6) is 5.75 Å². The molecular formula is C21H28N2O5. The molecule has 0 bridgehead atoms. The first kappa shape index (κ1) is 20.2. The summed E-state index contributed by atoms with van der Waals surface area (Å²) in [6.07, 6.45) is 1.76. The number of hydrogen-bond donors (Lipinski definition) is 0. The molecule has 0 N–H and O–H groups in total. The SMILES string of the molecule is CCOC(=O)C1CCCN(C(=O)C2CC(=O)N(Cc3ccc(OC)cc3)C2)C1. The monoisotopic (exact) mass is 388 g/mol. The highest BCUT2D eigenvalue weighted by molar-refractivity contribution is 5.89. The summed E-state index contributed by atoms with van der Waals surface area (Å²) in [5.74, 6) is -0.0982. The Balaban J connectivity index is 1.57. The first-order valence-electron chi connectivity index (χ1n) is 9.88.